The molecule has 6 nitrogen and oxygen atoms in total. The highest BCUT2D eigenvalue weighted by Gasteiger charge is 2.35. The van der Waals surface area contributed by atoms with Gasteiger partial charge in [0.1, 0.15) is 19.3 Å². The number of amides is 2. The second-order valence-electron chi connectivity index (χ2n) is 7.42. The normalized spacial score (nSPS) is 17.5. The maximum atomic E-state index is 13.0. The quantitative estimate of drug-likeness (QED) is 0.685. The number of fused-ring (bicyclic) bond motifs is 1. The molecule has 0 bridgehead atoms. The van der Waals surface area contributed by atoms with Gasteiger partial charge in [0.15, 0.2) is 11.5 Å². The lowest BCUT2D eigenvalue weighted by Crippen LogP contribution is -2.46. The van der Waals surface area contributed by atoms with E-state index in [1.54, 1.807) is 17.0 Å². The summed E-state index contributed by atoms with van der Waals surface area (Å²) in [6.45, 7) is 1.85. The monoisotopic (exact) mass is 482 g/mol. The third-order valence-electron chi connectivity index (χ3n) is 5.34. The summed E-state index contributed by atoms with van der Waals surface area (Å²) >= 11 is 18.5. The van der Waals surface area contributed by atoms with Crippen molar-refractivity contribution in [1.29, 1.82) is 0 Å². The van der Waals surface area contributed by atoms with Crippen LogP contribution in [0.1, 0.15) is 28.8 Å². The van der Waals surface area contributed by atoms with Gasteiger partial charge in [0.2, 0.25) is 5.91 Å². The minimum Gasteiger partial charge on any atom is -0.486 e. The number of carbonyl (C=O) groups excluding carboxylic acids is 2. The number of hydrogen-bond donors (Lipinski definition) is 1. The minimum atomic E-state index is -0.536. The lowest BCUT2D eigenvalue weighted by molar-refractivity contribution is -0.124. The Morgan fingerprint density at radius 3 is 2.71 bits per heavy atom. The first-order valence-corrected chi connectivity index (χ1v) is 11.2. The lowest BCUT2D eigenvalue weighted by atomic mass is 10.1. The molecule has 0 spiro atoms. The van der Waals surface area contributed by atoms with Gasteiger partial charge in [-0.25, -0.2) is 0 Å². The van der Waals surface area contributed by atoms with Gasteiger partial charge in [-0.1, -0.05) is 34.8 Å². The second kappa shape index (κ2) is 9.55. The van der Waals surface area contributed by atoms with E-state index in [-0.39, 0.29) is 11.8 Å². The van der Waals surface area contributed by atoms with Crippen LogP contribution < -0.4 is 14.8 Å². The SMILES string of the molecule is O=C(NCCc1cc(Cl)c2c(c1)OCCO2)C1CCCN1C(=O)c1cc(Cl)ccc1Cl. The molecule has 0 saturated carbocycles. The highest BCUT2D eigenvalue weighted by Crippen LogP contribution is 2.38. The molecule has 0 aromatic heterocycles. The van der Waals surface area contributed by atoms with Crippen LogP contribution in [0.25, 0.3) is 0 Å². The molecule has 1 unspecified atom stereocenters. The number of rotatable bonds is 5. The Morgan fingerprint density at radius 2 is 1.87 bits per heavy atom. The first-order chi connectivity index (χ1) is 14.9. The molecule has 2 heterocycles. The van der Waals surface area contributed by atoms with E-state index in [9.17, 15) is 9.59 Å². The predicted octanol–water partition coefficient (Wildman–Crippen LogP) is 4.38. The van der Waals surface area contributed by atoms with Gasteiger partial charge < -0.3 is 19.7 Å². The van der Waals surface area contributed by atoms with E-state index >= 15 is 0 Å². The lowest BCUT2D eigenvalue weighted by Gasteiger charge is -2.24. The highest BCUT2D eigenvalue weighted by atomic mass is 35.5. The first kappa shape index (κ1) is 22.1. The highest BCUT2D eigenvalue weighted by molar-refractivity contribution is 6.35. The van der Waals surface area contributed by atoms with E-state index in [1.165, 1.54) is 6.07 Å². The van der Waals surface area contributed by atoms with Crippen molar-refractivity contribution in [2.24, 2.45) is 0 Å². The molecule has 2 aromatic rings. The van der Waals surface area contributed by atoms with Gasteiger partial charge >= 0.3 is 0 Å². The molecule has 1 fully saturated rings. The number of likely N-dealkylation sites (tertiary alicyclic amines) is 1. The molecule has 0 radical (unpaired) electrons. The maximum absolute atomic E-state index is 13.0. The largest absolute Gasteiger partial charge is 0.486 e. The fourth-order valence-electron chi connectivity index (χ4n) is 3.85. The zero-order valence-corrected chi connectivity index (χ0v) is 18.9. The van der Waals surface area contributed by atoms with E-state index in [0.29, 0.717) is 71.3 Å². The number of nitrogens with one attached hydrogen (secondary N) is 1. The molecule has 1 atom stereocenters. The third-order valence-corrected chi connectivity index (χ3v) is 6.19. The van der Waals surface area contributed by atoms with Gasteiger partial charge in [-0.2, -0.15) is 0 Å². The topological polar surface area (TPSA) is 67.9 Å². The average molecular weight is 484 g/mol. The van der Waals surface area contributed by atoms with Crippen LogP contribution in [0.5, 0.6) is 11.5 Å². The molecule has 2 aliphatic heterocycles. The first-order valence-electron chi connectivity index (χ1n) is 10.1. The van der Waals surface area contributed by atoms with Gasteiger partial charge in [0.25, 0.3) is 5.91 Å². The second-order valence-corrected chi connectivity index (χ2v) is 8.67. The van der Waals surface area contributed by atoms with Gasteiger partial charge in [-0.05, 0) is 55.2 Å². The van der Waals surface area contributed by atoms with Crippen LogP contribution in [0.4, 0.5) is 0 Å². The number of nitrogens with zero attached hydrogens (tertiary/aromatic N) is 1. The van der Waals surface area contributed by atoms with Crippen molar-refractivity contribution >= 4 is 46.6 Å². The van der Waals surface area contributed by atoms with Crippen molar-refractivity contribution in [2.75, 3.05) is 26.3 Å². The van der Waals surface area contributed by atoms with Crippen LogP contribution in [0.15, 0.2) is 30.3 Å². The summed E-state index contributed by atoms with van der Waals surface area (Å²) < 4.78 is 11.1. The molecule has 2 aliphatic rings. The standard InChI is InChI=1S/C22H21Cl3N2O4/c23-14-3-4-16(24)15(12-14)22(29)27-7-1-2-18(27)21(28)26-6-5-13-10-17(25)20-19(11-13)30-8-9-31-20/h3-4,10-12,18H,1-2,5-9H2,(H,26,28). The Hall–Kier alpha value is -2.15. The Morgan fingerprint density at radius 1 is 1.06 bits per heavy atom. The summed E-state index contributed by atoms with van der Waals surface area (Å²) in [4.78, 5) is 27.3. The fraction of sp³-hybridized carbons (Fsp3) is 0.364. The molecule has 1 N–H and O–H groups in total. The zero-order chi connectivity index (χ0) is 22.0. The Labute approximate surface area is 195 Å². The molecule has 2 aromatic carbocycles. The summed E-state index contributed by atoms with van der Waals surface area (Å²) in [7, 11) is 0. The van der Waals surface area contributed by atoms with E-state index in [1.807, 2.05) is 12.1 Å². The van der Waals surface area contributed by atoms with Crippen LogP contribution in [0.2, 0.25) is 15.1 Å². The van der Waals surface area contributed by atoms with Crippen molar-refractivity contribution in [2.45, 2.75) is 25.3 Å². The summed E-state index contributed by atoms with van der Waals surface area (Å²) in [6, 6.07) is 7.89. The predicted molar refractivity (Wildman–Crippen MR) is 120 cm³/mol. The van der Waals surface area contributed by atoms with Crippen molar-refractivity contribution in [3.05, 3.63) is 56.5 Å². The third kappa shape index (κ3) is 4.86. The molecule has 164 valence electrons. The summed E-state index contributed by atoms with van der Waals surface area (Å²) in [6.07, 6.45) is 1.92. The van der Waals surface area contributed by atoms with Gasteiger partial charge in [0.05, 0.1) is 15.6 Å². The van der Waals surface area contributed by atoms with Gasteiger partial charge in [-0.15, -0.1) is 0 Å². The molecule has 1 saturated heterocycles. The van der Waals surface area contributed by atoms with Gasteiger partial charge in [0, 0.05) is 18.1 Å². The molecule has 9 heteroatoms. The maximum Gasteiger partial charge on any atom is 0.256 e. The van der Waals surface area contributed by atoms with Crippen LogP contribution in [-0.4, -0.2) is 49.1 Å². The molecule has 4 rings (SSSR count). The summed E-state index contributed by atoms with van der Waals surface area (Å²) in [5.74, 6) is 0.697. The minimum absolute atomic E-state index is 0.187. The number of benzene rings is 2. The fourth-order valence-corrected chi connectivity index (χ4v) is 4.51. The van der Waals surface area contributed by atoms with Crippen molar-refractivity contribution in [1.82, 2.24) is 10.2 Å². The molecular formula is C22H21Cl3N2O4. The van der Waals surface area contributed by atoms with Crippen molar-refractivity contribution in [3.63, 3.8) is 0 Å². The summed E-state index contributed by atoms with van der Waals surface area (Å²) in [5.41, 5.74) is 1.24. The van der Waals surface area contributed by atoms with Crippen LogP contribution in [-0.2, 0) is 11.2 Å². The number of halogens is 3. The van der Waals surface area contributed by atoms with Crippen LogP contribution in [0.3, 0.4) is 0 Å². The van der Waals surface area contributed by atoms with E-state index < -0.39 is 6.04 Å². The van der Waals surface area contributed by atoms with Crippen LogP contribution >= 0.6 is 34.8 Å². The Kier molecular flexibility index (Phi) is 6.80. The Balaban J connectivity index is 1.37. The zero-order valence-electron chi connectivity index (χ0n) is 16.6. The number of hydrogen-bond acceptors (Lipinski definition) is 4. The van der Waals surface area contributed by atoms with Gasteiger partial charge in [-0.3, -0.25) is 9.59 Å². The van der Waals surface area contributed by atoms with E-state index in [0.717, 1.165) is 12.0 Å². The number of ether oxygens (including phenoxy) is 2. The van der Waals surface area contributed by atoms with Crippen molar-refractivity contribution < 1.29 is 19.1 Å². The molecular weight excluding hydrogens is 463 g/mol. The van der Waals surface area contributed by atoms with Crippen LogP contribution in [0, 0.1) is 0 Å². The van der Waals surface area contributed by atoms with Crippen molar-refractivity contribution in [3.8, 4) is 11.5 Å². The molecule has 31 heavy (non-hydrogen) atoms. The molecule has 0 aliphatic carbocycles. The van der Waals surface area contributed by atoms with E-state index in [2.05, 4.69) is 5.32 Å². The Bertz CT molecular complexity index is 1010. The smallest absolute Gasteiger partial charge is 0.256 e. The number of carbonyl (C=O) groups is 2. The average Bonchev–Trinajstić information content (AvgIpc) is 3.25. The summed E-state index contributed by atoms with van der Waals surface area (Å²) in [5, 5.41) is 4.16. The molecule has 2 amide bonds. The van der Waals surface area contributed by atoms with E-state index in [4.69, 9.17) is 44.3 Å².